The lowest BCUT2D eigenvalue weighted by atomic mass is 9.87. The van der Waals surface area contributed by atoms with Gasteiger partial charge in [0.1, 0.15) is 11.5 Å². The van der Waals surface area contributed by atoms with E-state index in [1.807, 2.05) is 18.2 Å². The second-order valence-corrected chi connectivity index (χ2v) is 5.07. The molecule has 0 aromatic heterocycles. The van der Waals surface area contributed by atoms with Crippen LogP contribution in [0.1, 0.15) is 31.7 Å². The topological polar surface area (TPSA) is 44.5 Å². The summed E-state index contributed by atoms with van der Waals surface area (Å²) >= 11 is 0. The summed E-state index contributed by atoms with van der Waals surface area (Å²) in [6, 6.07) is 5.90. The quantitative estimate of drug-likeness (QED) is 0.876. The molecular formula is C14H21NO2. The zero-order valence-electron chi connectivity index (χ0n) is 10.8. The summed E-state index contributed by atoms with van der Waals surface area (Å²) < 4.78 is 10.6. The van der Waals surface area contributed by atoms with Gasteiger partial charge in [-0.15, -0.1) is 0 Å². The van der Waals surface area contributed by atoms with E-state index in [0.29, 0.717) is 5.92 Å². The Balaban J connectivity index is 2.38. The molecule has 0 radical (unpaired) electrons. The first-order valence-electron chi connectivity index (χ1n) is 6.10. The highest BCUT2D eigenvalue weighted by Gasteiger charge is 2.37. The fraction of sp³-hybridized carbons (Fsp3) is 0.571. The third-order valence-electron chi connectivity index (χ3n) is 3.74. The van der Waals surface area contributed by atoms with E-state index in [-0.39, 0.29) is 5.54 Å². The minimum Gasteiger partial charge on any atom is -0.497 e. The molecule has 94 valence electrons. The maximum atomic E-state index is 6.52. The van der Waals surface area contributed by atoms with Crippen LogP contribution in [0.4, 0.5) is 0 Å². The average molecular weight is 235 g/mol. The summed E-state index contributed by atoms with van der Waals surface area (Å²) in [7, 11) is 3.34. The van der Waals surface area contributed by atoms with Crippen LogP contribution in [0.2, 0.25) is 0 Å². The van der Waals surface area contributed by atoms with E-state index in [1.54, 1.807) is 14.2 Å². The van der Waals surface area contributed by atoms with Gasteiger partial charge in [-0.05, 0) is 37.3 Å². The van der Waals surface area contributed by atoms with Crippen molar-refractivity contribution in [2.75, 3.05) is 14.2 Å². The van der Waals surface area contributed by atoms with Crippen LogP contribution >= 0.6 is 0 Å². The summed E-state index contributed by atoms with van der Waals surface area (Å²) in [5.41, 5.74) is 7.38. The minimum atomic E-state index is -0.239. The minimum absolute atomic E-state index is 0.239. The average Bonchev–Trinajstić information content (AvgIpc) is 2.69. The molecule has 2 rings (SSSR count). The number of nitrogens with two attached hydrogens (primary N) is 1. The number of benzene rings is 1. The van der Waals surface area contributed by atoms with E-state index in [1.165, 1.54) is 6.42 Å². The van der Waals surface area contributed by atoms with Crippen molar-refractivity contribution in [3.63, 3.8) is 0 Å². The first-order chi connectivity index (χ1) is 8.09. The molecule has 0 saturated heterocycles. The van der Waals surface area contributed by atoms with Gasteiger partial charge in [-0.1, -0.05) is 6.92 Å². The number of rotatable bonds is 3. The summed E-state index contributed by atoms with van der Waals surface area (Å²) in [5.74, 6) is 2.33. The van der Waals surface area contributed by atoms with E-state index >= 15 is 0 Å². The normalized spacial score (nSPS) is 28.1. The standard InChI is InChI=1S/C14H21NO2/c1-10-6-7-14(15,9-10)12-5-4-11(16-2)8-13(12)17-3/h4-5,8,10H,6-7,9,15H2,1-3H3. The summed E-state index contributed by atoms with van der Waals surface area (Å²) in [5, 5.41) is 0. The molecule has 3 heteroatoms. The first-order valence-corrected chi connectivity index (χ1v) is 6.10. The van der Waals surface area contributed by atoms with Crippen molar-refractivity contribution in [3.8, 4) is 11.5 Å². The van der Waals surface area contributed by atoms with Gasteiger partial charge < -0.3 is 15.2 Å². The van der Waals surface area contributed by atoms with Crippen LogP contribution in [0, 0.1) is 5.92 Å². The predicted molar refractivity (Wildman–Crippen MR) is 68.4 cm³/mol. The van der Waals surface area contributed by atoms with Crippen molar-refractivity contribution < 1.29 is 9.47 Å². The summed E-state index contributed by atoms with van der Waals surface area (Å²) in [6.45, 7) is 2.25. The zero-order valence-corrected chi connectivity index (χ0v) is 10.8. The number of hydrogen-bond donors (Lipinski definition) is 1. The van der Waals surface area contributed by atoms with Gasteiger partial charge in [0.2, 0.25) is 0 Å². The SMILES string of the molecule is COc1ccc(C2(N)CCC(C)C2)c(OC)c1. The maximum Gasteiger partial charge on any atom is 0.127 e. The summed E-state index contributed by atoms with van der Waals surface area (Å²) in [4.78, 5) is 0. The third-order valence-corrected chi connectivity index (χ3v) is 3.74. The Morgan fingerprint density at radius 1 is 1.29 bits per heavy atom. The van der Waals surface area contributed by atoms with Gasteiger partial charge >= 0.3 is 0 Å². The molecule has 1 saturated carbocycles. The molecule has 0 spiro atoms. The molecule has 0 aliphatic heterocycles. The van der Waals surface area contributed by atoms with Gasteiger partial charge in [-0.25, -0.2) is 0 Å². The van der Waals surface area contributed by atoms with E-state index in [9.17, 15) is 0 Å². The molecule has 1 aromatic carbocycles. The van der Waals surface area contributed by atoms with Crippen LogP contribution in [0.5, 0.6) is 11.5 Å². The molecule has 0 amide bonds. The van der Waals surface area contributed by atoms with E-state index in [4.69, 9.17) is 15.2 Å². The van der Waals surface area contributed by atoms with Gasteiger partial charge in [0, 0.05) is 17.2 Å². The van der Waals surface area contributed by atoms with Gasteiger partial charge in [0.15, 0.2) is 0 Å². The Hall–Kier alpha value is -1.22. The lowest BCUT2D eigenvalue weighted by Gasteiger charge is -2.27. The molecule has 3 nitrogen and oxygen atoms in total. The van der Waals surface area contributed by atoms with E-state index in [0.717, 1.165) is 29.9 Å². The lowest BCUT2D eigenvalue weighted by molar-refractivity contribution is 0.366. The van der Waals surface area contributed by atoms with Gasteiger partial charge in [-0.2, -0.15) is 0 Å². The van der Waals surface area contributed by atoms with Crippen LogP contribution in [-0.4, -0.2) is 14.2 Å². The fourth-order valence-corrected chi connectivity index (χ4v) is 2.78. The molecule has 0 heterocycles. The third kappa shape index (κ3) is 2.25. The van der Waals surface area contributed by atoms with Crippen molar-refractivity contribution in [1.82, 2.24) is 0 Å². The van der Waals surface area contributed by atoms with Crippen LogP contribution in [0.25, 0.3) is 0 Å². The Morgan fingerprint density at radius 2 is 2.06 bits per heavy atom. The summed E-state index contributed by atoms with van der Waals surface area (Å²) in [6.07, 6.45) is 3.23. The van der Waals surface area contributed by atoms with E-state index in [2.05, 4.69) is 6.92 Å². The number of methoxy groups -OCH3 is 2. The highest BCUT2D eigenvalue weighted by atomic mass is 16.5. The second-order valence-electron chi connectivity index (χ2n) is 5.07. The lowest BCUT2D eigenvalue weighted by Crippen LogP contribution is -2.34. The maximum absolute atomic E-state index is 6.52. The Morgan fingerprint density at radius 3 is 2.59 bits per heavy atom. The number of hydrogen-bond acceptors (Lipinski definition) is 3. The van der Waals surface area contributed by atoms with E-state index < -0.39 is 0 Å². The van der Waals surface area contributed by atoms with Gasteiger partial charge in [0.25, 0.3) is 0 Å². The van der Waals surface area contributed by atoms with Gasteiger partial charge in [-0.3, -0.25) is 0 Å². The molecule has 1 fully saturated rings. The van der Waals surface area contributed by atoms with Crippen molar-refractivity contribution in [1.29, 1.82) is 0 Å². The monoisotopic (exact) mass is 235 g/mol. The highest BCUT2D eigenvalue weighted by molar-refractivity contribution is 5.45. The fourth-order valence-electron chi connectivity index (χ4n) is 2.78. The van der Waals surface area contributed by atoms with Crippen molar-refractivity contribution in [2.45, 2.75) is 31.7 Å². The van der Waals surface area contributed by atoms with Gasteiger partial charge in [0.05, 0.1) is 14.2 Å². The van der Waals surface area contributed by atoms with Crippen LogP contribution in [0.3, 0.4) is 0 Å². The predicted octanol–water partition coefficient (Wildman–Crippen LogP) is 2.68. The van der Waals surface area contributed by atoms with Crippen molar-refractivity contribution in [2.24, 2.45) is 11.7 Å². The van der Waals surface area contributed by atoms with Crippen molar-refractivity contribution >= 4 is 0 Å². The highest BCUT2D eigenvalue weighted by Crippen LogP contribution is 2.44. The first kappa shape index (κ1) is 12.2. The molecule has 1 aromatic rings. The van der Waals surface area contributed by atoms with Crippen molar-refractivity contribution in [3.05, 3.63) is 23.8 Å². The number of ether oxygens (including phenoxy) is 2. The molecule has 2 N–H and O–H groups in total. The Bertz CT molecular complexity index is 405. The Kier molecular flexibility index (Phi) is 3.29. The second kappa shape index (κ2) is 4.57. The molecular weight excluding hydrogens is 214 g/mol. The molecule has 17 heavy (non-hydrogen) atoms. The van der Waals surface area contributed by atoms with Crippen LogP contribution < -0.4 is 15.2 Å². The molecule has 1 aliphatic rings. The molecule has 2 atom stereocenters. The Labute approximate surface area is 103 Å². The largest absolute Gasteiger partial charge is 0.497 e. The van der Waals surface area contributed by atoms with Crippen LogP contribution in [-0.2, 0) is 5.54 Å². The van der Waals surface area contributed by atoms with Crippen LogP contribution in [0.15, 0.2) is 18.2 Å². The molecule has 0 bridgehead atoms. The smallest absolute Gasteiger partial charge is 0.127 e. The zero-order chi connectivity index (χ0) is 12.5. The molecule has 1 aliphatic carbocycles. The molecule has 2 unspecified atom stereocenters.